The summed E-state index contributed by atoms with van der Waals surface area (Å²) in [7, 11) is 0. The second-order valence-electron chi connectivity index (χ2n) is 9.56. The first kappa shape index (κ1) is 26.1. The summed E-state index contributed by atoms with van der Waals surface area (Å²) in [6.07, 6.45) is -2.74. The normalized spacial score (nSPS) is 19.6. The number of alkyl halides is 3. The minimum atomic E-state index is -4.57. The van der Waals surface area contributed by atoms with Crippen molar-refractivity contribution in [2.24, 2.45) is 0 Å². The molecule has 3 aromatic rings. The number of nitrogens with one attached hydrogen (secondary N) is 2. The number of aromatic nitrogens is 5. The fraction of sp³-hybridized carbons (Fsp3) is 0.565. The molecule has 0 spiro atoms. The van der Waals surface area contributed by atoms with Gasteiger partial charge in [-0.25, -0.2) is 4.98 Å². The SMILES string of the molecule is CCCc1cc2c(N3CCn4c(nnc4C(F)(F)F)C3)nc(N3CC(NC(C)=O)C(NC(C)=O)C3)nc2s1. The van der Waals surface area contributed by atoms with Crippen LogP contribution in [0.4, 0.5) is 24.9 Å². The molecule has 5 heterocycles. The van der Waals surface area contributed by atoms with Gasteiger partial charge in [-0.15, -0.1) is 21.5 Å². The van der Waals surface area contributed by atoms with Crippen molar-refractivity contribution in [1.29, 1.82) is 0 Å². The second-order valence-corrected chi connectivity index (χ2v) is 10.7. The Morgan fingerprint density at radius 1 is 1.05 bits per heavy atom. The number of amides is 2. The molecule has 1 saturated heterocycles. The highest BCUT2D eigenvalue weighted by Crippen LogP contribution is 2.36. The highest BCUT2D eigenvalue weighted by Gasteiger charge is 2.40. The van der Waals surface area contributed by atoms with Crippen LogP contribution in [0.3, 0.4) is 0 Å². The number of hydrogen-bond donors (Lipinski definition) is 2. The van der Waals surface area contributed by atoms with Crippen LogP contribution in [0.15, 0.2) is 6.07 Å². The predicted octanol–water partition coefficient (Wildman–Crippen LogP) is 2.10. The fourth-order valence-electron chi connectivity index (χ4n) is 5.03. The number of nitrogens with zero attached hydrogens (tertiary/aromatic N) is 7. The van der Waals surface area contributed by atoms with E-state index in [1.165, 1.54) is 13.8 Å². The first-order chi connectivity index (χ1) is 18.0. The van der Waals surface area contributed by atoms with Gasteiger partial charge in [-0.05, 0) is 12.5 Å². The molecule has 2 aliphatic rings. The minimum Gasteiger partial charge on any atom is -0.350 e. The molecule has 0 radical (unpaired) electrons. The lowest BCUT2D eigenvalue weighted by Gasteiger charge is -2.30. The molecule has 5 rings (SSSR count). The molecule has 0 bridgehead atoms. The molecule has 2 atom stereocenters. The summed E-state index contributed by atoms with van der Waals surface area (Å²) < 4.78 is 41.2. The van der Waals surface area contributed by atoms with E-state index >= 15 is 0 Å². The quantitative estimate of drug-likeness (QED) is 0.478. The number of hydrogen-bond acceptors (Lipinski definition) is 9. The zero-order valence-electron chi connectivity index (χ0n) is 21.2. The number of aryl methyl sites for hydroxylation is 1. The van der Waals surface area contributed by atoms with Crippen LogP contribution < -0.4 is 20.4 Å². The average Bonchev–Trinajstić information content (AvgIpc) is 3.54. The first-order valence-electron chi connectivity index (χ1n) is 12.4. The molecular formula is C23H28F3N9O2S. The van der Waals surface area contributed by atoms with Crippen molar-refractivity contribution < 1.29 is 22.8 Å². The number of thiophene rings is 1. The summed E-state index contributed by atoms with van der Waals surface area (Å²) in [5.74, 6) is -0.135. The lowest BCUT2D eigenvalue weighted by molar-refractivity contribution is -0.147. The summed E-state index contributed by atoms with van der Waals surface area (Å²) in [5, 5.41) is 13.8. The van der Waals surface area contributed by atoms with Crippen LogP contribution >= 0.6 is 11.3 Å². The van der Waals surface area contributed by atoms with Gasteiger partial charge >= 0.3 is 6.18 Å². The van der Waals surface area contributed by atoms with E-state index in [2.05, 4.69) is 27.8 Å². The number of fused-ring (bicyclic) bond motifs is 2. The van der Waals surface area contributed by atoms with Gasteiger partial charge in [0.15, 0.2) is 5.82 Å². The molecule has 11 nitrogen and oxygen atoms in total. The molecule has 2 unspecified atom stereocenters. The van der Waals surface area contributed by atoms with Gasteiger partial charge in [0.05, 0.1) is 24.0 Å². The van der Waals surface area contributed by atoms with Crippen LogP contribution in [0.5, 0.6) is 0 Å². The van der Waals surface area contributed by atoms with E-state index in [9.17, 15) is 22.8 Å². The lowest BCUT2D eigenvalue weighted by atomic mass is 10.1. The van der Waals surface area contributed by atoms with E-state index in [0.29, 0.717) is 31.4 Å². The smallest absolute Gasteiger partial charge is 0.350 e. The maximum atomic E-state index is 13.3. The second kappa shape index (κ2) is 10.0. The Balaban J connectivity index is 1.51. The van der Waals surface area contributed by atoms with Crippen molar-refractivity contribution in [1.82, 2.24) is 35.4 Å². The van der Waals surface area contributed by atoms with Crippen molar-refractivity contribution in [2.45, 2.75) is 65.0 Å². The van der Waals surface area contributed by atoms with Crippen LogP contribution in [0.2, 0.25) is 0 Å². The summed E-state index contributed by atoms with van der Waals surface area (Å²) in [6, 6.07) is 1.40. The van der Waals surface area contributed by atoms with Crippen LogP contribution in [0.25, 0.3) is 10.2 Å². The van der Waals surface area contributed by atoms with E-state index in [-0.39, 0.29) is 42.8 Å². The van der Waals surface area contributed by atoms with E-state index in [0.717, 1.165) is 32.5 Å². The highest BCUT2D eigenvalue weighted by atomic mass is 32.1. The zero-order chi connectivity index (χ0) is 27.2. The number of carbonyl (C=O) groups is 2. The maximum Gasteiger partial charge on any atom is 0.451 e. The standard InChI is InChI=1S/C23H28F3N9O2S/c1-4-5-14-8-15-19(33-6-7-35-18(11-33)31-32-21(35)23(24,25)26)29-22(30-20(15)38-14)34-9-16(27-12(2)36)17(10-34)28-13(3)37/h8,16-17H,4-7,9-11H2,1-3H3,(H,27,36)(H,28,37). The topological polar surface area (TPSA) is 121 Å². The summed E-state index contributed by atoms with van der Waals surface area (Å²) in [5.41, 5.74) is 0. The Kier molecular flexibility index (Phi) is 6.88. The molecular weight excluding hydrogens is 523 g/mol. The molecule has 3 aromatic heterocycles. The van der Waals surface area contributed by atoms with Gasteiger partial charge < -0.3 is 25.0 Å². The molecule has 2 amide bonds. The maximum absolute atomic E-state index is 13.3. The van der Waals surface area contributed by atoms with Gasteiger partial charge in [0, 0.05) is 44.9 Å². The Morgan fingerprint density at radius 2 is 1.74 bits per heavy atom. The molecule has 0 saturated carbocycles. The van der Waals surface area contributed by atoms with Gasteiger partial charge in [0.2, 0.25) is 23.6 Å². The Morgan fingerprint density at radius 3 is 2.34 bits per heavy atom. The number of rotatable bonds is 6. The van der Waals surface area contributed by atoms with Crippen molar-refractivity contribution in [3.05, 3.63) is 22.6 Å². The van der Waals surface area contributed by atoms with E-state index in [1.807, 2.05) is 15.9 Å². The third-order valence-electron chi connectivity index (χ3n) is 6.59. The largest absolute Gasteiger partial charge is 0.451 e. The van der Waals surface area contributed by atoms with E-state index < -0.39 is 12.0 Å². The Bertz CT molecular complexity index is 1350. The van der Waals surface area contributed by atoms with Crippen LogP contribution in [-0.2, 0) is 35.3 Å². The molecule has 204 valence electrons. The Hall–Kier alpha value is -3.49. The van der Waals surface area contributed by atoms with Gasteiger partial charge in [-0.3, -0.25) is 9.59 Å². The molecule has 15 heteroatoms. The third kappa shape index (κ3) is 5.11. The zero-order valence-corrected chi connectivity index (χ0v) is 22.0. The molecule has 2 aliphatic heterocycles. The summed E-state index contributed by atoms with van der Waals surface area (Å²) >= 11 is 1.56. The molecule has 0 aromatic carbocycles. The van der Waals surface area contributed by atoms with Crippen LogP contribution in [-0.4, -0.2) is 68.3 Å². The molecule has 2 N–H and O–H groups in total. The van der Waals surface area contributed by atoms with Gasteiger partial charge in [-0.2, -0.15) is 18.2 Å². The molecule has 1 fully saturated rings. The monoisotopic (exact) mass is 551 g/mol. The first-order valence-corrected chi connectivity index (χ1v) is 13.2. The number of carbonyl (C=O) groups excluding carboxylic acids is 2. The van der Waals surface area contributed by atoms with Crippen molar-refractivity contribution in [3.63, 3.8) is 0 Å². The van der Waals surface area contributed by atoms with E-state index in [1.54, 1.807) is 11.3 Å². The van der Waals surface area contributed by atoms with Gasteiger partial charge in [0.25, 0.3) is 0 Å². The summed E-state index contributed by atoms with van der Waals surface area (Å²) in [6.45, 7) is 6.22. The Labute approximate surface area is 220 Å². The van der Waals surface area contributed by atoms with Crippen molar-refractivity contribution in [2.75, 3.05) is 29.4 Å². The number of anilines is 2. The minimum absolute atomic E-state index is 0.0723. The fourth-order valence-corrected chi connectivity index (χ4v) is 6.15. The van der Waals surface area contributed by atoms with Crippen LogP contribution in [0, 0.1) is 0 Å². The number of halogens is 3. The third-order valence-corrected chi connectivity index (χ3v) is 7.68. The highest BCUT2D eigenvalue weighted by molar-refractivity contribution is 7.18. The summed E-state index contributed by atoms with van der Waals surface area (Å²) in [4.78, 5) is 39.0. The molecule has 38 heavy (non-hydrogen) atoms. The average molecular weight is 552 g/mol. The predicted molar refractivity (Wildman–Crippen MR) is 135 cm³/mol. The van der Waals surface area contributed by atoms with Crippen LogP contribution in [0.1, 0.15) is 43.7 Å². The molecule has 0 aliphatic carbocycles. The van der Waals surface area contributed by atoms with Crippen molar-refractivity contribution >= 4 is 45.1 Å². The van der Waals surface area contributed by atoms with Crippen molar-refractivity contribution in [3.8, 4) is 0 Å². The van der Waals surface area contributed by atoms with Gasteiger partial charge in [-0.1, -0.05) is 13.3 Å². The lowest BCUT2D eigenvalue weighted by Crippen LogP contribution is -2.49. The van der Waals surface area contributed by atoms with E-state index in [4.69, 9.17) is 9.97 Å². The van der Waals surface area contributed by atoms with Gasteiger partial charge in [0.1, 0.15) is 10.6 Å².